The lowest BCUT2D eigenvalue weighted by molar-refractivity contribution is 0.362. The first-order valence-corrected chi connectivity index (χ1v) is 13.2. The van der Waals surface area contributed by atoms with Crippen molar-refractivity contribution in [3.05, 3.63) is 48.0 Å². The van der Waals surface area contributed by atoms with Crippen LogP contribution in [0.3, 0.4) is 0 Å². The SMILES string of the molecule is CCCCCCCCC(C)(CCCCCC)c1ccc2c(c1)Sc1ccccc1N2. The van der Waals surface area contributed by atoms with Crippen molar-refractivity contribution < 1.29 is 0 Å². The minimum atomic E-state index is 0.297. The molecule has 164 valence electrons. The van der Waals surface area contributed by atoms with Gasteiger partial charge in [0, 0.05) is 9.79 Å². The molecule has 2 aromatic rings. The fourth-order valence-electron chi connectivity index (χ4n) is 4.66. The molecule has 2 heteroatoms. The molecule has 0 saturated carbocycles. The molecule has 2 aromatic carbocycles. The molecule has 0 aromatic heterocycles. The summed E-state index contributed by atoms with van der Waals surface area (Å²) in [6.07, 6.45) is 16.3. The molecule has 0 spiro atoms. The van der Waals surface area contributed by atoms with Gasteiger partial charge in [0.2, 0.25) is 0 Å². The van der Waals surface area contributed by atoms with Gasteiger partial charge in [0.25, 0.3) is 0 Å². The van der Waals surface area contributed by atoms with E-state index in [2.05, 4.69) is 68.6 Å². The number of unbranched alkanes of at least 4 members (excludes halogenated alkanes) is 8. The second-order valence-corrected chi connectivity index (χ2v) is 10.4. The minimum Gasteiger partial charge on any atom is -0.354 e. The summed E-state index contributed by atoms with van der Waals surface area (Å²) in [7, 11) is 0. The summed E-state index contributed by atoms with van der Waals surface area (Å²) < 4.78 is 0. The van der Waals surface area contributed by atoms with Crippen LogP contribution in [0, 0.1) is 0 Å². The summed E-state index contributed by atoms with van der Waals surface area (Å²) >= 11 is 1.92. The van der Waals surface area contributed by atoms with Crippen LogP contribution in [0.2, 0.25) is 0 Å². The van der Waals surface area contributed by atoms with Crippen molar-refractivity contribution in [2.45, 2.75) is 113 Å². The number of hydrogen-bond donors (Lipinski definition) is 1. The van der Waals surface area contributed by atoms with Crippen molar-refractivity contribution in [2.24, 2.45) is 0 Å². The van der Waals surface area contributed by atoms with Crippen LogP contribution in [0.15, 0.2) is 52.3 Å². The van der Waals surface area contributed by atoms with E-state index in [-0.39, 0.29) is 0 Å². The molecular weight excluding hydrogens is 382 g/mol. The van der Waals surface area contributed by atoms with Crippen LogP contribution in [0.4, 0.5) is 11.4 Å². The Labute approximate surface area is 189 Å². The molecule has 30 heavy (non-hydrogen) atoms. The number of fused-ring (bicyclic) bond motifs is 2. The van der Waals surface area contributed by atoms with Crippen molar-refractivity contribution in [3.8, 4) is 0 Å². The predicted molar refractivity (Wildman–Crippen MR) is 134 cm³/mol. The minimum absolute atomic E-state index is 0.297. The van der Waals surface area contributed by atoms with E-state index in [1.165, 1.54) is 98.2 Å². The topological polar surface area (TPSA) is 12.0 Å². The van der Waals surface area contributed by atoms with Crippen LogP contribution in [0.25, 0.3) is 0 Å². The van der Waals surface area contributed by atoms with Crippen molar-refractivity contribution in [1.29, 1.82) is 0 Å². The Hall–Kier alpha value is -1.41. The van der Waals surface area contributed by atoms with Crippen molar-refractivity contribution in [3.63, 3.8) is 0 Å². The Balaban J connectivity index is 1.70. The Bertz CT molecular complexity index is 784. The molecule has 1 N–H and O–H groups in total. The van der Waals surface area contributed by atoms with Crippen LogP contribution in [0.1, 0.15) is 103 Å². The number of para-hydroxylation sites is 1. The summed E-state index contributed by atoms with van der Waals surface area (Å²) in [6.45, 7) is 7.14. The van der Waals surface area contributed by atoms with Crippen LogP contribution >= 0.6 is 11.8 Å². The highest BCUT2D eigenvalue weighted by Crippen LogP contribution is 2.46. The van der Waals surface area contributed by atoms with Gasteiger partial charge in [-0.25, -0.2) is 0 Å². The molecular formula is C28H41NS. The normalized spacial score (nSPS) is 14.5. The molecule has 0 amide bonds. The lowest BCUT2D eigenvalue weighted by atomic mass is 9.74. The third kappa shape index (κ3) is 6.30. The molecule has 1 nitrogen and oxygen atoms in total. The van der Waals surface area contributed by atoms with Crippen molar-refractivity contribution >= 4 is 23.1 Å². The first-order chi connectivity index (χ1) is 14.7. The van der Waals surface area contributed by atoms with Gasteiger partial charge < -0.3 is 5.32 Å². The zero-order valence-corrected chi connectivity index (χ0v) is 20.3. The summed E-state index contributed by atoms with van der Waals surface area (Å²) in [5.74, 6) is 0. The van der Waals surface area contributed by atoms with Gasteiger partial charge in [-0.15, -0.1) is 0 Å². The highest BCUT2D eigenvalue weighted by Gasteiger charge is 2.27. The van der Waals surface area contributed by atoms with E-state index in [0.29, 0.717) is 5.41 Å². The largest absolute Gasteiger partial charge is 0.354 e. The summed E-state index contributed by atoms with van der Waals surface area (Å²) in [4.78, 5) is 2.72. The van der Waals surface area contributed by atoms with E-state index < -0.39 is 0 Å². The van der Waals surface area contributed by atoms with E-state index in [4.69, 9.17) is 0 Å². The molecule has 1 unspecified atom stereocenters. The smallest absolute Gasteiger partial charge is 0.0526 e. The quantitative estimate of drug-likeness (QED) is 0.274. The second-order valence-electron chi connectivity index (χ2n) is 9.32. The highest BCUT2D eigenvalue weighted by atomic mass is 32.2. The molecule has 1 aliphatic heterocycles. The van der Waals surface area contributed by atoms with E-state index in [9.17, 15) is 0 Å². The monoisotopic (exact) mass is 423 g/mol. The Morgan fingerprint density at radius 3 is 2.03 bits per heavy atom. The lowest BCUT2D eigenvalue weighted by Gasteiger charge is -2.32. The number of rotatable bonds is 13. The molecule has 1 aliphatic rings. The highest BCUT2D eigenvalue weighted by molar-refractivity contribution is 7.99. The van der Waals surface area contributed by atoms with E-state index in [0.717, 1.165) is 0 Å². The molecule has 0 aliphatic carbocycles. The molecule has 1 atom stereocenters. The van der Waals surface area contributed by atoms with E-state index >= 15 is 0 Å². The summed E-state index contributed by atoms with van der Waals surface area (Å²) in [5.41, 5.74) is 4.33. The number of anilines is 2. The maximum absolute atomic E-state index is 3.63. The molecule has 0 bridgehead atoms. The van der Waals surface area contributed by atoms with Gasteiger partial charge in [-0.3, -0.25) is 0 Å². The van der Waals surface area contributed by atoms with Gasteiger partial charge in [0.15, 0.2) is 0 Å². The summed E-state index contributed by atoms with van der Waals surface area (Å²) in [5, 5.41) is 3.63. The fourth-order valence-corrected chi connectivity index (χ4v) is 5.69. The molecule has 0 saturated heterocycles. The zero-order chi connectivity index (χ0) is 21.2. The molecule has 0 fully saturated rings. The van der Waals surface area contributed by atoms with Crippen LogP contribution < -0.4 is 5.32 Å². The lowest BCUT2D eigenvalue weighted by Crippen LogP contribution is -2.22. The first-order valence-electron chi connectivity index (χ1n) is 12.3. The number of benzene rings is 2. The summed E-state index contributed by atoms with van der Waals surface area (Å²) in [6, 6.07) is 15.9. The van der Waals surface area contributed by atoms with Crippen molar-refractivity contribution in [2.75, 3.05) is 5.32 Å². The van der Waals surface area contributed by atoms with Crippen LogP contribution in [-0.4, -0.2) is 0 Å². The zero-order valence-electron chi connectivity index (χ0n) is 19.4. The molecule has 3 rings (SSSR count). The number of hydrogen-bond acceptors (Lipinski definition) is 2. The van der Waals surface area contributed by atoms with Gasteiger partial charge in [0.05, 0.1) is 11.4 Å². The maximum Gasteiger partial charge on any atom is 0.0526 e. The van der Waals surface area contributed by atoms with Crippen molar-refractivity contribution in [1.82, 2.24) is 0 Å². The van der Waals surface area contributed by atoms with Crippen LogP contribution in [0.5, 0.6) is 0 Å². The van der Waals surface area contributed by atoms with Gasteiger partial charge in [-0.1, -0.05) is 115 Å². The van der Waals surface area contributed by atoms with Gasteiger partial charge >= 0.3 is 0 Å². The third-order valence-corrected chi connectivity index (χ3v) is 7.85. The van der Waals surface area contributed by atoms with Gasteiger partial charge in [-0.2, -0.15) is 0 Å². The third-order valence-electron chi connectivity index (χ3n) is 6.72. The number of nitrogens with one attached hydrogen (secondary N) is 1. The predicted octanol–water partition coefficient (Wildman–Crippen LogP) is 9.87. The maximum atomic E-state index is 3.63. The van der Waals surface area contributed by atoms with Crippen LogP contribution in [-0.2, 0) is 5.41 Å². The Kier molecular flexibility index (Phi) is 9.18. The van der Waals surface area contributed by atoms with E-state index in [1.54, 1.807) is 5.56 Å². The average molecular weight is 424 g/mol. The molecule has 1 heterocycles. The Morgan fingerprint density at radius 2 is 1.30 bits per heavy atom. The average Bonchev–Trinajstić information content (AvgIpc) is 2.77. The van der Waals surface area contributed by atoms with E-state index in [1.807, 2.05) is 11.8 Å². The van der Waals surface area contributed by atoms with Gasteiger partial charge in [0.1, 0.15) is 0 Å². The molecule has 0 radical (unpaired) electrons. The first kappa shape index (κ1) is 23.3. The van der Waals surface area contributed by atoms with Gasteiger partial charge in [-0.05, 0) is 48.1 Å². The second kappa shape index (κ2) is 11.8. The standard InChI is InChI=1S/C28H41NS/c1-4-6-8-10-11-15-21-28(3,20-14-9-7-5-2)23-18-19-25-27(22-23)30-26-17-13-12-16-24(26)29-25/h12-13,16-19,22,29H,4-11,14-15,20-21H2,1-3H3. The Morgan fingerprint density at radius 1 is 0.700 bits per heavy atom. The fraction of sp³-hybridized carbons (Fsp3) is 0.571.